The minimum absolute atomic E-state index is 0.231. The van der Waals surface area contributed by atoms with E-state index in [1.54, 1.807) is 6.07 Å². The molecule has 0 spiro atoms. The molecule has 2 rings (SSSR count). The molecule has 0 bridgehead atoms. The summed E-state index contributed by atoms with van der Waals surface area (Å²) in [6.07, 6.45) is 1.27. The Labute approximate surface area is 116 Å². The topological polar surface area (TPSA) is 60.2 Å². The van der Waals surface area contributed by atoms with Crippen molar-refractivity contribution in [2.75, 3.05) is 0 Å². The van der Waals surface area contributed by atoms with Crippen molar-refractivity contribution in [3.63, 3.8) is 0 Å². The summed E-state index contributed by atoms with van der Waals surface area (Å²) in [7, 11) is 0. The van der Waals surface area contributed by atoms with Gasteiger partial charge in [0.15, 0.2) is 6.61 Å². The fraction of sp³-hybridized carbons (Fsp3) is 0.385. The largest absolute Gasteiger partial charge is 0.484 e. The van der Waals surface area contributed by atoms with E-state index in [0.717, 1.165) is 5.56 Å². The minimum atomic E-state index is 0.231. The van der Waals surface area contributed by atoms with Gasteiger partial charge in [0.25, 0.3) is 0 Å². The van der Waals surface area contributed by atoms with Crippen molar-refractivity contribution in [2.24, 2.45) is 0 Å². The lowest BCUT2D eigenvalue weighted by molar-refractivity contribution is 0.283. The highest BCUT2D eigenvalue weighted by atomic mass is 35.5. The predicted octanol–water partition coefficient (Wildman–Crippen LogP) is 2.80. The lowest BCUT2D eigenvalue weighted by Gasteiger charge is -2.14. The van der Waals surface area contributed by atoms with Gasteiger partial charge in [-0.2, -0.15) is 4.98 Å². The van der Waals surface area contributed by atoms with Crippen LogP contribution in [0.2, 0.25) is 5.02 Å². The molecular formula is C13H16ClN3O2. The van der Waals surface area contributed by atoms with E-state index < -0.39 is 0 Å². The second kappa shape index (κ2) is 6.54. The first-order valence-electron chi connectivity index (χ1n) is 6.05. The van der Waals surface area contributed by atoms with Crippen molar-refractivity contribution in [1.29, 1.82) is 0 Å². The second-order valence-corrected chi connectivity index (χ2v) is 4.81. The molecule has 19 heavy (non-hydrogen) atoms. The van der Waals surface area contributed by atoms with Crippen LogP contribution < -0.4 is 10.1 Å². The van der Waals surface area contributed by atoms with E-state index in [9.17, 15) is 0 Å². The summed E-state index contributed by atoms with van der Waals surface area (Å²) in [6, 6.07) is 6.07. The lowest BCUT2D eigenvalue weighted by Crippen LogP contribution is -2.22. The van der Waals surface area contributed by atoms with Crippen LogP contribution in [-0.4, -0.2) is 16.2 Å². The number of hydrogen-bond acceptors (Lipinski definition) is 5. The van der Waals surface area contributed by atoms with Crippen molar-refractivity contribution >= 4 is 11.6 Å². The summed E-state index contributed by atoms with van der Waals surface area (Å²) >= 11 is 6.17. The first-order chi connectivity index (χ1) is 9.16. The maximum Gasteiger partial charge on any atom is 0.213 e. The normalized spacial score (nSPS) is 10.9. The average Bonchev–Trinajstić information content (AvgIpc) is 2.88. The van der Waals surface area contributed by atoms with Gasteiger partial charge in [0.2, 0.25) is 12.2 Å². The number of hydrogen-bond donors (Lipinski definition) is 1. The third kappa shape index (κ3) is 3.94. The summed E-state index contributed by atoms with van der Waals surface area (Å²) in [5.74, 6) is 1.14. The average molecular weight is 282 g/mol. The van der Waals surface area contributed by atoms with Gasteiger partial charge in [0.1, 0.15) is 5.75 Å². The smallest absolute Gasteiger partial charge is 0.213 e. The van der Waals surface area contributed by atoms with E-state index in [-0.39, 0.29) is 6.61 Å². The predicted molar refractivity (Wildman–Crippen MR) is 72.1 cm³/mol. The van der Waals surface area contributed by atoms with Gasteiger partial charge in [-0.05, 0) is 6.07 Å². The Morgan fingerprint density at radius 1 is 1.42 bits per heavy atom. The third-order valence-electron chi connectivity index (χ3n) is 2.50. The van der Waals surface area contributed by atoms with E-state index in [2.05, 4.69) is 33.8 Å². The fourth-order valence-electron chi connectivity index (χ4n) is 1.56. The molecule has 0 saturated heterocycles. The van der Waals surface area contributed by atoms with E-state index in [1.165, 1.54) is 6.39 Å². The van der Waals surface area contributed by atoms with Crippen molar-refractivity contribution in [1.82, 2.24) is 15.5 Å². The Balaban J connectivity index is 2.08. The first-order valence-corrected chi connectivity index (χ1v) is 6.43. The van der Waals surface area contributed by atoms with E-state index >= 15 is 0 Å². The van der Waals surface area contributed by atoms with Crippen molar-refractivity contribution in [3.05, 3.63) is 41.0 Å². The zero-order valence-electron chi connectivity index (χ0n) is 10.9. The Morgan fingerprint density at radius 2 is 2.26 bits per heavy atom. The maximum absolute atomic E-state index is 6.17. The first kappa shape index (κ1) is 13.8. The zero-order valence-corrected chi connectivity index (χ0v) is 11.6. The van der Waals surface area contributed by atoms with Crippen LogP contribution in [0, 0.1) is 0 Å². The van der Waals surface area contributed by atoms with Crippen LogP contribution in [0.5, 0.6) is 5.75 Å². The lowest BCUT2D eigenvalue weighted by atomic mass is 10.2. The molecule has 0 aliphatic carbocycles. The second-order valence-electron chi connectivity index (χ2n) is 4.40. The molecule has 5 nitrogen and oxygen atoms in total. The van der Waals surface area contributed by atoms with Crippen LogP contribution in [0.4, 0.5) is 0 Å². The molecule has 0 radical (unpaired) electrons. The molecule has 1 N–H and O–H groups in total. The third-order valence-corrected chi connectivity index (χ3v) is 2.80. The van der Waals surface area contributed by atoms with Crippen LogP contribution in [0.3, 0.4) is 0 Å². The Bertz CT molecular complexity index is 515. The Hall–Kier alpha value is -1.59. The summed E-state index contributed by atoms with van der Waals surface area (Å²) in [4.78, 5) is 3.90. The monoisotopic (exact) mass is 281 g/mol. The van der Waals surface area contributed by atoms with Gasteiger partial charge in [-0.25, -0.2) is 0 Å². The quantitative estimate of drug-likeness (QED) is 0.882. The molecule has 0 aliphatic heterocycles. The van der Waals surface area contributed by atoms with Gasteiger partial charge < -0.3 is 14.6 Å². The summed E-state index contributed by atoms with van der Waals surface area (Å²) in [5.41, 5.74) is 1.00. The molecule has 1 heterocycles. The molecule has 102 valence electrons. The highest BCUT2D eigenvalue weighted by Gasteiger charge is 2.10. The van der Waals surface area contributed by atoms with Crippen molar-refractivity contribution in [3.8, 4) is 5.75 Å². The summed E-state index contributed by atoms with van der Waals surface area (Å²) in [5, 5.41) is 7.60. The molecule has 0 fully saturated rings. The molecule has 0 unspecified atom stereocenters. The number of halogens is 1. The van der Waals surface area contributed by atoms with E-state index in [0.29, 0.717) is 29.2 Å². The van der Waals surface area contributed by atoms with Crippen LogP contribution in [0.15, 0.2) is 29.1 Å². The maximum atomic E-state index is 6.17. The number of para-hydroxylation sites is 1. The van der Waals surface area contributed by atoms with Crippen molar-refractivity contribution < 1.29 is 9.26 Å². The van der Waals surface area contributed by atoms with Gasteiger partial charge in [-0.15, -0.1) is 0 Å². The van der Waals surface area contributed by atoms with Crippen LogP contribution in [0.1, 0.15) is 25.2 Å². The number of nitrogens with zero attached hydrogens (tertiary/aromatic N) is 2. The molecule has 1 aromatic heterocycles. The molecule has 0 amide bonds. The summed E-state index contributed by atoms with van der Waals surface area (Å²) < 4.78 is 10.3. The Kier molecular flexibility index (Phi) is 4.76. The highest BCUT2D eigenvalue weighted by molar-refractivity contribution is 6.32. The van der Waals surface area contributed by atoms with Gasteiger partial charge in [-0.3, -0.25) is 0 Å². The van der Waals surface area contributed by atoms with Gasteiger partial charge in [0, 0.05) is 18.2 Å². The number of ether oxygens (including phenoxy) is 1. The molecule has 0 saturated carbocycles. The summed E-state index contributed by atoms with van der Waals surface area (Å²) in [6.45, 7) is 5.10. The highest BCUT2D eigenvalue weighted by Crippen LogP contribution is 2.29. The van der Waals surface area contributed by atoms with Gasteiger partial charge in [0.05, 0.1) is 5.02 Å². The molecule has 0 aliphatic rings. The van der Waals surface area contributed by atoms with Crippen molar-refractivity contribution in [2.45, 2.75) is 33.0 Å². The number of aromatic nitrogens is 2. The van der Waals surface area contributed by atoms with Gasteiger partial charge >= 0.3 is 0 Å². The van der Waals surface area contributed by atoms with E-state index in [1.807, 2.05) is 12.1 Å². The molecule has 2 aromatic rings. The number of rotatable bonds is 6. The molecule has 0 atom stereocenters. The van der Waals surface area contributed by atoms with Gasteiger partial charge in [-0.1, -0.05) is 42.7 Å². The van der Waals surface area contributed by atoms with E-state index in [4.69, 9.17) is 16.3 Å². The van der Waals surface area contributed by atoms with Crippen LogP contribution in [0.25, 0.3) is 0 Å². The fourth-order valence-corrected chi connectivity index (χ4v) is 1.81. The zero-order chi connectivity index (χ0) is 13.7. The van der Waals surface area contributed by atoms with Crippen LogP contribution >= 0.6 is 11.6 Å². The standard InChI is InChI=1S/C13H16ClN3O2/c1-9(2)15-6-10-4-3-5-11(14)13(10)18-7-12-16-8-19-17-12/h3-5,8-9,15H,6-7H2,1-2H3. The molecule has 1 aromatic carbocycles. The number of benzene rings is 1. The number of nitrogens with one attached hydrogen (secondary N) is 1. The minimum Gasteiger partial charge on any atom is -0.484 e. The SMILES string of the molecule is CC(C)NCc1cccc(Cl)c1OCc1ncon1. The molecule has 6 heteroatoms. The molecular weight excluding hydrogens is 266 g/mol. The Morgan fingerprint density at radius 3 is 2.95 bits per heavy atom. The van der Waals surface area contributed by atoms with Crippen LogP contribution in [-0.2, 0) is 13.2 Å².